The van der Waals surface area contributed by atoms with E-state index in [1.807, 2.05) is 0 Å². The topological polar surface area (TPSA) is 58.6 Å². The quantitative estimate of drug-likeness (QED) is 0.907. The normalized spacial score (nSPS) is 18.0. The summed E-state index contributed by atoms with van der Waals surface area (Å²) in [5.74, 6) is -2.35. The Morgan fingerprint density at radius 2 is 1.87 bits per heavy atom. The number of nitrogens with one attached hydrogen (secondary N) is 1. The predicted molar refractivity (Wildman–Crippen MR) is 80.9 cm³/mol. The Bertz CT molecular complexity index is 594. The van der Waals surface area contributed by atoms with Crippen molar-refractivity contribution in [3.05, 3.63) is 29.8 Å². The summed E-state index contributed by atoms with van der Waals surface area (Å²) in [4.78, 5) is 25.7. The smallest absolute Gasteiger partial charge is 0.410 e. The van der Waals surface area contributed by atoms with Crippen LogP contribution in [0.3, 0.4) is 0 Å². The molecule has 1 aliphatic rings. The third-order valence-corrected chi connectivity index (χ3v) is 3.39. The number of carbonyl (C=O) groups is 2. The molecule has 1 saturated heterocycles. The molecular formula is C16H20F2N2O3. The largest absolute Gasteiger partial charge is 0.444 e. The molecule has 0 saturated carbocycles. The molecule has 0 radical (unpaired) electrons. The van der Waals surface area contributed by atoms with Crippen molar-refractivity contribution in [3.8, 4) is 0 Å². The molecule has 2 amide bonds. The first-order valence-corrected chi connectivity index (χ1v) is 7.43. The van der Waals surface area contributed by atoms with Crippen LogP contribution in [0, 0.1) is 11.6 Å². The number of rotatable bonds is 2. The molecule has 1 N–H and O–H groups in total. The minimum atomic E-state index is -0.861. The molecule has 0 unspecified atom stereocenters. The average molecular weight is 326 g/mol. The van der Waals surface area contributed by atoms with Crippen molar-refractivity contribution >= 4 is 17.7 Å². The number of anilines is 1. The van der Waals surface area contributed by atoms with Crippen LogP contribution in [-0.4, -0.2) is 35.1 Å². The van der Waals surface area contributed by atoms with Gasteiger partial charge in [0.15, 0.2) is 0 Å². The van der Waals surface area contributed by atoms with Crippen molar-refractivity contribution in [2.45, 2.75) is 45.3 Å². The van der Waals surface area contributed by atoms with Crippen LogP contribution in [0.1, 0.15) is 33.6 Å². The minimum absolute atomic E-state index is 0.368. The molecule has 1 aliphatic heterocycles. The zero-order chi connectivity index (χ0) is 17.2. The van der Waals surface area contributed by atoms with Crippen LogP contribution in [0.4, 0.5) is 19.3 Å². The average Bonchev–Trinajstić information content (AvgIpc) is 2.90. The van der Waals surface area contributed by atoms with E-state index in [1.54, 1.807) is 20.8 Å². The number of carbonyl (C=O) groups excluding carboxylic acids is 2. The van der Waals surface area contributed by atoms with E-state index in [2.05, 4.69) is 5.32 Å². The highest BCUT2D eigenvalue weighted by Gasteiger charge is 2.37. The number of halogens is 2. The second kappa shape index (κ2) is 6.52. The van der Waals surface area contributed by atoms with Gasteiger partial charge in [-0.05, 0) is 45.7 Å². The van der Waals surface area contributed by atoms with Gasteiger partial charge in [-0.1, -0.05) is 6.07 Å². The van der Waals surface area contributed by atoms with Gasteiger partial charge < -0.3 is 10.1 Å². The molecule has 1 aromatic rings. The first-order valence-electron chi connectivity index (χ1n) is 7.43. The molecule has 0 spiro atoms. The molecule has 1 fully saturated rings. The van der Waals surface area contributed by atoms with Crippen molar-refractivity contribution in [3.63, 3.8) is 0 Å². The van der Waals surface area contributed by atoms with Gasteiger partial charge in [0.25, 0.3) is 0 Å². The maximum absolute atomic E-state index is 13.6. The number of para-hydroxylation sites is 1. The molecule has 23 heavy (non-hydrogen) atoms. The Morgan fingerprint density at radius 3 is 2.43 bits per heavy atom. The molecule has 7 heteroatoms. The maximum Gasteiger partial charge on any atom is 0.410 e. The lowest BCUT2D eigenvalue weighted by Gasteiger charge is -2.28. The van der Waals surface area contributed by atoms with E-state index in [9.17, 15) is 18.4 Å². The van der Waals surface area contributed by atoms with Crippen LogP contribution < -0.4 is 5.32 Å². The molecular weight excluding hydrogens is 306 g/mol. The Balaban J connectivity index is 2.10. The van der Waals surface area contributed by atoms with E-state index < -0.39 is 41.0 Å². The number of hydrogen-bond donors (Lipinski definition) is 1. The Morgan fingerprint density at radius 1 is 1.26 bits per heavy atom. The number of amides is 2. The highest BCUT2D eigenvalue weighted by molar-refractivity contribution is 5.97. The van der Waals surface area contributed by atoms with Gasteiger partial charge in [0, 0.05) is 6.54 Å². The summed E-state index contributed by atoms with van der Waals surface area (Å²) in [5, 5.41) is 2.23. The van der Waals surface area contributed by atoms with Crippen LogP contribution in [0.25, 0.3) is 0 Å². The molecule has 1 aromatic carbocycles. The van der Waals surface area contributed by atoms with E-state index in [4.69, 9.17) is 4.74 Å². The van der Waals surface area contributed by atoms with Crippen molar-refractivity contribution in [1.29, 1.82) is 0 Å². The van der Waals surface area contributed by atoms with Gasteiger partial charge >= 0.3 is 6.09 Å². The summed E-state index contributed by atoms with van der Waals surface area (Å²) in [6.45, 7) is 5.55. The molecule has 0 bridgehead atoms. The first-order chi connectivity index (χ1) is 10.7. The highest BCUT2D eigenvalue weighted by atomic mass is 19.1. The third kappa shape index (κ3) is 4.18. The lowest BCUT2D eigenvalue weighted by atomic mass is 10.2. The van der Waals surface area contributed by atoms with Gasteiger partial charge in [-0.15, -0.1) is 0 Å². The van der Waals surface area contributed by atoms with Gasteiger partial charge in [0.2, 0.25) is 5.91 Å². The Hall–Kier alpha value is -2.18. The summed E-state index contributed by atoms with van der Waals surface area (Å²) in [7, 11) is 0. The zero-order valence-electron chi connectivity index (χ0n) is 13.4. The van der Waals surface area contributed by atoms with Gasteiger partial charge in [-0.2, -0.15) is 0 Å². The van der Waals surface area contributed by atoms with Gasteiger partial charge in [-0.3, -0.25) is 9.69 Å². The summed E-state index contributed by atoms with van der Waals surface area (Å²) in [6.07, 6.45) is 0.433. The fraction of sp³-hybridized carbons (Fsp3) is 0.500. The lowest BCUT2D eigenvalue weighted by Crippen LogP contribution is -2.45. The minimum Gasteiger partial charge on any atom is -0.444 e. The molecule has 1 heterocycles. The van der Waals surface area contributed by atoms with Crippen molar-refractivity contribution in [2.75, 3.05) is 11.9 Å². The number of likely N-dealkylation sites (tertiary alicyclic amines) is 1. The second-order valence-corrected chi connectivity index (χ2v) is 6.42. The third-order valence-electron chi connectivity index (χ3n) is 3.39. The van der Waals surface area contributed by atoms with E-state index >= 15 is 0 Å². The van der Waals surface area contributed by atoms with Gasteiger partial charge in [0.1, 0.15) is 29.0 Å². The van der Waals surface area contributed by atoms with Crippen LogP contribution in [-0.2, 0) is 9.53 Å². The Labute approximate surface area is 133 Å². The van der Waals surface area contributed by atoms with Gasteiger partial charge in [0.05, 0.1) is 0 Å². The van der Waals surface area contributed by atoms with Crippen LogP contribution in [0.5, 0.6) is 0 Å². The fourth-order valence-corrected chi connectivity index (χ4v) is 2.40. The SMILES string of the molecule is CC(C)(C)OC(=O)N1CCC[C@@H]1C(=O)Nc1c(F)cccc1F. The molecule has 2 rings (SSSR count). The maximum atomic E-state index is 13.6. The number of nitrogens with zero attached hydrogens (tertiary/aromatic N) is 1. The second-order valence-electron chi connectivity index (χ2n) is 6.42. The molecule has 5 nitrogen and oxygen atoms in total. The summed E-state index contributed by atoms with van der Waals surface area (Å²) in [5.41, 5.74) is -1.19. The van der Waals surface area contributed by atoms with E-state index in [1.165, 1.54) is 11.0 Å². The fourth-order valence-electron chi connectivity index (χ4n) is 2.40. The predicted octanol–water partition coefficient (Wildman–Crippen LogP) is 3.30. The molecule has 0 aliphatic carbocycles. The number of benzene rings is 1. The number of ether oxygens (including phenoxy) is 1. The lowest BCUT2D eigenvalue weighted by molar-refractivity contribution is -0.120. The van der Waals surface area contributed by atoms with Gasteiger partial charge in [-0.25, -0.2) is 13.6 Å². The molecule has 0 aromatic heterocycles. The van der Waals surface area contributed by atoms with Crippen molar-refractivity contribution in [1.82, 2.24) is 4.90 Å². The van der Waals surface area contributed by atoms with Crippen molar-refractivity contribution in [2.24, 2.45) is 0 Å². The van der Waals surface area contributed by atoms with Crippen LogP contribution >= 0.6 is 0 Å². The standard InChI is InChI=1S/C16H20F2N2O3/c1-16(2,3)23-15(22)20-9-5-8-12(20)14(21)19-13-10(17)6-4-7-11(13)18/h4,6-7,12H,5,8-9H2,1-3H3,(H,19,21)/t12-/m1/s1. The van der Waals surface area contributed by atoms with Crippen molar-refractivity contribution < 1.29 is 23.1 Å². The Kier molecular flexibility index (Phi) is 4.87. The summed E-state index contributed by atoms with van der Waals surface area (Å²) >= 11 is 0. The zero-order valence-corrected chi connectivity index (χ0v) is 13.4. The monoisotopic (exact) mass is 326 g/mol. The summed E-state index contributed by atoms with van der Waals surface area (Å²) < 4.78 is 32.5. The summed E-state index contributed by atoms with van der Waals surface area (Å²) in [6, 6.07) is 2.52. The van der Waals surface area contributed by atoms with E-state index in [0.29, 0.717) is 19.4 Å². The van der Waals surface area contributed by atoms with Crippen LogP contribution in [0.15, 0.2) is 18.2 Å². The molecule has 1 atom stereocenters. The number of hydrogen-bond acceptors (Lipinski definition) is 3. The van der Waals surface area contributed by atoms with E-state index in [0.717, 1.165) is 12.1 Å². The highest BCUT2D eigenvalue weighted by Crippen LogP contribution is 2.24. The molecule has 126 valence electrons. The first kappa shape index (κ1) is 17.2. The van der Waals surface area contributed by atoms with Crippen LogP contribution in [0.2, 0.25) is 0 Å². The van der Waals surface area contributed by atoms with E-state index in [-0.39, 0.29) is 0 Å².